The van der Waals surface area contributed by atoms with Crippen molar-refractivity contribution in [3.05, 3.63) is 77.0 Å². The van der Waals surface area contributed by atoms with Crippen LogP contribution in [0.2, 0.25) is 0 Å². The molecule has 3 heterocycles. The van der Waals surface area contributed by atoms with Gasteiger partial charge < -0.3 is 24.2 Å². The molecular weight excluding hydrogens is 518 g/mol. The number of fused-ring (bicyclic) bond motifs is 1. The summed E-state index contributed by atoms with van der Waals surface area (Å²) >= 11 is 0. The molecule has 0 spiro atoms. The SMILES string of the molecule is COc1nc2c(c(N3CCN(C(=O)OCc4ccccc4)C(CC#N)C3)n1)CCN(c1ccccc1C(F)F)C2. The van der Waals surface area contributed by atoms with Crippen LogP contribution in [0.25, 0.3) is 0 Å². The fourth-order valence-corrected chi connectivity index (χ4v) is 5.28. The van der Waals surface area contributed by atoms with Gasteiger partial charge in [0.1, 0.15) is 12.4 Å². The van der Waals surface area contributed by atoms with E-state index in [1.807, 2.05) is 35.2 Å². The number of nitrogens with zero attached hydrogens (tertiary/aromatic N) is 6. The van der Waals surface area contributed by atoms with Crippen molar-refractivity contribution in [2.24, 2.45) is 0 Å². The first-order valence-electron chi connectivity index (χ1n) is 13.1. The van der Waals surface area contributed by atoms with Crippen LogP contribution in [0.15, 0.2) is 54.6 Å². The number of methoxy groups -OCH3 is 1. The first-order valence-corrected chi connectivity index (χ1v) is 13.1. The summed E-state index contributed by atoms with van der Waals surface area (Å²) in [6, 6.07) is 17.9. The van der Waals surface area contributed by atoms with Gasteiger partial charge in [0.25, 0.3) is 6.43 Å². The molecular formula is C29H30F2N6O3. The fraction of sp³-hybridized carbons (Fsp3) is 0.379. The molecule has 0 N–H and O–H groups in total. The predicted octanol–water partition coefficient (Wildman–Crippen LogP) is 4.73. The summed E-state index contributed by atoms with van der Waals surface area (Å²) < 4.78 is 38.3. The highest BCUT2D eigenvalue weighted by atomic mass is 19.3. The summed E-state index contributed by atoms with van der Waals surface area (Å²) in [5.41, 5.74) is 2.98. The number of anilines is 2. The van der Waals surface area contributed by atoms with E-state index >= 15 is 0 Å². The Morgan fingerprint density at radius 3 is 2.60 bits per heavy atom. The molecule has 0 saturated carbocycles. The number of rotatable bonds is 7. The summed E-state index contributed by atoms with van der Waals surface area (Å²) in [7, 11) is 1.48. The van der Waals surface area contributed by atoms with Crippen LogP contribution in [0, 0.1) is 11.3 Å². The number of carbonyl (C=O) groups excluding carboxylic acids is 1. The van der Waals surface area contributed by atoms with Gasteiger partial charge in [-0.05, 0) is 18.1 Å². The average Bonchev–Trinajstić information content (AvgIpc) is 2.99. The van der Waals surface area contributed by atoms with Crippen molar-refractivity contribution in [2.45, 2.75) is 38.5 Å². The Kier molecular flexibility index (Phi) is 8.24. The fourth-order valence-electron chi connectivity index (χ4n) is 5.28. The van der Waals surface area contributed by atoms with E-state index in [0.717, 1.165) is 11.1 Å². The van der Waals surface area contributed by atoms with E-state index in [2.05, 4.69) is 20.9 Å². The summed E-state index contributed by atoms with van der Waals surface area (Å²) in [5, 5.41) is 9.50. The number of alkyl halides is 2. The number of amides is 1. The molecule has 40 heavy (non-hydrogen) atoms. The largest absolute Gasteiger partial charge is 0.467 e. The second-order valence-corrected chi connectivity index (χ2v) is 9.69. The first-order chi connectivity index (χ1) is 19.5. The maximum absolute atomic E-state index is 13.7. The molecule has 11 heteroatoms. The number of halogens is 2. The van der Waals surface area contributed by atoms with E-state index in [4.69, 9.17) is 9.47 Å². The highest BCUT2D eigenvalue weighted by Gasteiger charge is 2.35. The highest BCUT2D eigenvalue weighted by molar-refractivity contribution is 5.69. The van der Waals surface area contributed by atoms with Gasteiger partial charge in [-0.1, -0.05) is 48.5 Å². The van der Waals surface area contributed by atoms with Gasteiger partial charge in [0.2, 0.25) is 0 Å². The maximum Gasteiger partial charge on any atom is 0.410 e. The molecule has 208 valence electrons. The van der Waals surface area contributed by atoms with Crippen molar-refractivity contribution in [1.82, 2.24) is 14.9 Å². The normalized spacial score (nSPS) is 16.9. The van der Waals surface area contributed by atoms with Crippen LogP contribution in [-0.4, -0.2) is 60.3 Å². The van der Waals surface area contributed by atoms with Crippen LogP contribution in [0.5, 0.6) is 6.01 Å². The molecule has 5 rings (SSSR count). The zero-order chi connectivity index (χ0) is 28.1. The Morgan fingerprint density at radius 1 is 1.07 bits per heavy atom. The van der Waals surface area contributed by atoms with Gasteiger partial charge in [-0.3, -0.25) is 0 Å². The monoisotopic (exact) mass is 548 g/mol. The molecule has 1 saturated heterocycles. The van der Waals surface area contributed by atoms with Crippen molar-refractivity contribution in [3.8, 4) is 12.1 Å². The number of para-hydroxylation sites is 1. The van der Waals surface area contributed by atoms with Gasteiger partial charge in [-0.2, -0.15) is 15.2 Å². The number of aromatic nitrogens is 2. The first kappa shape index (κ1) is 27.1. The lowest BCUT2D eigenvalue weighted by atomic mass is 10.0. The van der Waals surface area contributed by atoms with Gasteiger partial charge in [0.05, 0.1) is 37.9 Å². The highest BCUT2D eigenvalue weighted by Crippen LogP contribution is 2.35. The molecule has 1 unspecified atom stereocenters. The summed E-state index contributed by atoms with van der Waals surface area (Å²) in [6.45, 7) is 2.23. The molecule has 2 aromatic carbocycles. The lowest BCUT2D eigenvalue weighted by Crippen LogP contribution is -2.55. The number of carbonyl (C=O) groups is 1. The Bertz CT molecular complexity index is 1380. The molecule has 1 amide bonds. The second-order valence-electron chi connectivity index (χ2n) is 9.69. The van der Waals surface area contributed by atoms with E-state index in [1.54, 1.807) is 23.1 Å². The smallest absolute Gasteiger partial charge is 0.410 e. The number of hydrogen-bond acceptors (Lipinski definition) is 8. The number of ether oxygens (including phenoxy) is 2. The Morgan fingerprint density at radius 2 is 1.85 bits per heavy atom. The van der Waals surface area contributed by atoms with Crippen LogP contribution in [0.4, 0.5) is 25.1 Å². The van der Waals surface area contributed by atoms with Gasteiger partial charge in [-0.15, -0.1) is 0 Å². The topological polar surface area (TPSA) is 94.8 Å². The van der Waals surface area contributed by atoms with Crippen molar-refractivity contribution in [2.75, 3.05) is 43.1 Å². The molecule has 9 nitrogen and oxygen atoms in total. The third-order valence-electron chi connectivity index (χ3n) is 7.27. The number of nitriles is 1. The molecule has 1 fully saturated rings. The van der Waals surface area contributed by atoms with Crippen molar-refractivity contribution >= 4 is 17.6 Å². The van der Waals surface area contributed by atoms with E-state index in [0.29, 0.717) is 56.3 Å². The van der Waals surface area contributed by atoms with Gasteiger partial charge in [0, 0.05) is 43.0 Å². The summed E-state index contributed by atoms with van der Waals surface area (Å²) in [6.07, 6.45) is -2.35. The lowest BCUT2D eigenvalue weighted by Gasteiger charge is -2.42. The Labute approximate surface area is 231 Å². The lowest BCUT2D eigenvalue weighted by molar-refractivity contribution is 0.0767. The Hall–Kier alpha value is -4.46. The molecule has 3 aromatic rings. The molecule has 0 bridgehead atoms. The van der Waals surface area contributed by atoms with Crippen LogP contribution >= 0.6 is 0 Å². The zero-order valence-electron chi connectivity index (χ0n) is 22.2. The number of hydrogen-bond donors (Lipinski definition) is 0. The van der Waals surface area contributed by atoms with Crippen LogP contribution in [0.1, 0.15) is 35.2 Å². The maximum atomic E-state index is 13.7. The molecule has 1 atom stereocenters. The minimum Gasteiger partial charge on any atom is -0.467 e. The standard InChI is InChI=1S/C29H30F2N6O3/c1-39-28-33-24-18-35(25-10-6-5-9-23(25)26(30)31)14-12-22(24)27(34-28)36-15-16-37(21(17-36)11-13-32)29(38)40-19-20-7-3-2-4-8-20/h2-10,21,26H,11-12,14-19H2,1H3. The minimum atomic E-state index is -2.58. The number of benzene rings is 2. The van der Waals surface area contributed by atoms with Crippen LogP contribution in [-0.2, 0) is 24.3 Å². The molecule has 0 aliphatic carbocycles. The zero-order valence-corrected chi connectivity index (χ0v) is 22.2. The van der Waals surface area contributed by atoms with Gasteiger partial charge in [-0.25, -0.2) is 13.6 Å². The van der Waals surface area contributed by atoms with E-state index < -0.39 is 18.6 Å². The predicted molar refractivity (Wildman–Crippen MR) is 144 cm³/mol. The summed E-state index contributed by atoms with van der Waals surface area (Å²) in [4.78, 5) is 27.7. The minimum absolute atomic E-state index is 0.0122. The molecule has 2 aliphatic heterocycles. The molecule has 2 aliphatic rings. The number of piperazine rings is 1. The third-order valence-corrected chi connectivity index (χ3v) is 7.27. The van der Waals surface area contributed by atoms with Crippen molar-refractivity contribution in [3.63, 3.8) is 0 Å². The van der Waals surface area contributed by atoms with Gasteiger partial charge >= 0.3 is 12.1 Å². The van der Waals surface area contributed by atoms with E-state index in [1.165, 1.54) is 13.2 Å². The van der Waals surface area contributed by atoms with E-state index in [9.17, 15) is 18.8 Å². The second kappa shape index (κ2) is 12.2. The third kappa shape index (κ3) is 5.76. The van der Waals surface area contributed by atoms with E-state index in [-0.39, 0.29) is 24.6 Å². The van der Waals surface area contributed by atoms with Crippen LogP contribution in [0.3, 0.4) is 0 Å². The average molecular weight is 549 g/mol. The molecule has 0 radical (unpaired) electrons. The van der Waals surface area contributed by atoms with Crippen LogP contribution < -0.4 is 14.5 Å². The molecule has 1 aromatic heterocycles. The van der Waals surface area contributed by atoms with Gasteiger partial charge in [0.15, 0.2) is 0 Å². The van der Waals surface area contributed by atoms with Crippen molar-refractivity contribution < 1.29 is 23.0 Å². The van der Waals surface area contributed by atoms with Crippen molar-refractivity contribution in [1.29, 1.82) is 5.26 Å². The Balaban J connectivity index is 1.35. The quantitative estimate of drug-likeness (QED) is 0.419. The summed E-state index contributed by atoms with van der Waals surface area (Å²) in [5.74, 6) is 0.684.